The predicted molar refractivity (Wildman–Crippen MR) is 78.9 cm³/mol. The van der Waals surface area contributed by atoms with Gasteiger partial charge < -0.3 is 10.1 Å². The molecule has 1 rings (SSSR count). The zero-order valence-electron chi connectivity index (χ0n) is 13.1. The van der Waals surface area contributed by atoms with Gasteiger partial charge in [0.1, 0.15) is 0 Å². The van der Waals surface area contributed by atoms with Crippen LogP contribution in [0.2, 0.25) is 0 Å². The average Bonchev–Trinajstić information content (AvgIpc) is 2.35. The van der Waals surface area contributed by atoms with Crippen molar-refractivity contribution in [1.29, 1.82) is 0 Å². The quantitative estimate of drug-likeness (QED) is 0.672. The van der Waals surface area contributed by atoms with Crippen molar-refractivity contribution in [2.24, 2.45) is 11.3 Å². The highest BCUT2D eigenvalue weighted by Gasteiger charge is 2.52. The lowest BCUT2D eigenvalue weighted by Crippen LogP contribution is -2.63. The molecule has 1 saturated carbocycles. The zero-order valence-corrected chi connectivity index (χ0v) is 13.1. The zero-order chi connectivity index (χ0) is 13.6. The molecule has 0 aliphatic heterocycles. The van der Waals surface area contributed by atoms with Gasteiger partial charge in [-0.15, -0.1) is 0 Å². The van der Waals surface area contributed by atoms with Gasteiger partial charge in [-0.25, -0.2) is 0 Å². The van der Waals surface area contributed by atoms with E-state index in [2.05, 4.69) is 39.9 Å². The summed E-state index contributed by atoms with van der Waals surface area (Å²) >= 11 is 0. The van der Waals surface area contributed by atoms with Crippen LogP contribution in [0.4, 0.5) is 0 Å². The molecule has 0 bridgehead atoms. The minimum atomic E-state index is 0.391. The molecule has 1 N–H and O–H groups in total. The van der Waals surface area contributed by atoms with E-state index in [4.69, 9.17) is 4.74 Å². The van der Waals surface area contributed by atoms with Gasteiger partial charge in [0.25, 0.3) is 0 Å². The summed E-state index contributed by atoms with van der Waals surface area (Å²) in [7, 11) is 0. The van der Waals surface area contributed by atoms with Gasteiger partial charge in [-0.2, -0.15) is 0 Å². The largest absolute Gasteiger partial charge is 0.377 e. The first-order valence-corrected chi connectivity index (χ1v) is 7.99. The summed E-state index contributed by atoms with van der Waals surface area (Å²) in [5, 5.41) is 3.64. The third-order valence-corrected chi connectivity index (χ3v) is 4.92. The predicted octanol–water partition coefficient (Wildman–Crippen LogP) is 4.00. The van der Waals surface area contributed by atoms with Crippen molar-refractivity contribution in [2.75, 3.05) is 13.2 Å². The first kappa shape index (κ1) is 16.0. The number of hydrogen-bond acceptors (Lipinski definition) is 2. The Balaban J connectivity index is 2.46. The van der Waals surface area contributed by atoms with Gasteiger partial charge in [-0.1, -0.05) is 41.0 Å². The summed E-state index contributed by atoms with van der Waals surface area (Å²) < 4.78 is 6.23. The number of rotatable bonds is 9. The van der Waals surface area contributed by atoms with Crippen LogP contribution >= 0.6 is 0 Å². The van der Waals surface area contributed by atoms with E-state index in [1.54, 1.807) is 0 Å². The molecule has 0 heterocycles. The van der Waals surface area contributed by atoms with E-state index in [0.29, 0.717) is 23.5 Å². The van der Waals surface area contributed by atoms with Crippen LogP contribution in [-0.2, 0) is 4.74 Å². The van der Waals surface area contributed by atoms with Crippen molar-refractivity contribution >= 4 is 0 Å². The molecule has 2 heteroatoms. The molecular formula is C16H33NO. The van der Waals surface area contributed by atoms with Crippen LogP contribution in [0.3, 0.4) is 0 Å². The minimum absolute atomic E-state index is 0.391. The third-order valence-electron chi connectivity index (χ3n) is 4.92. The van der Waals surface area contributed by atoms with Crippen molar-refractivity contribution in [3.8, 4) is 0 Å². The molecular weight excluding hydrogens is 222 g/mol. The molecule has 0 aromatic carbocycles. The molecule has 2 nitrogen and oxygen atoms in total. The van der Waals surface area contributed by atoms with Crippen LogP contribution < -0.4 is 5.32 Å². The fraction of sp³-hybridized carbons (Fsp3) is 1.00. The standard InChI is InChI=1S/C16H33NO/c1-6-10-13(5)12-18-15-11-14(17-9-4)16(15,7-2)8-3/h13-15,17H,6-12H2,1-5H3. The molecule has 0 saturated heterocycles. The number of ether oxygens (including phenoxy) is 1. The van der Waals surface area contributed by atoms with Gasteiger partial charge in [0.15, 0.2) is 0 Å². The Bertz CT molecular complexity index is 225. The van der Waals surface area contributed by atoms with Gasteiger partial charge in [0.05, 0.1) is 6.10 Å². The highest BCUT2D eigenvalue weighted by molar-refractivity contribution is 5.06. The first-order chi connectivity index (χ1) is 8.64. The maximum absolute atomic E-state index is 6.23. The lowest BCUT2D eigenvalue weighted by atomic mass is 9.58. The molecule has 3 unspecified atom stereocenters. The highest BCUT2D eigenvalue weighted by atomic mass is 16.5. The maximum atomic E-state index is 6.23. The summed E-state index contributed by atoms with van der Waals surface area (Å²) in [6.45, 7) is 13.4. The minimum Gasteiger partial charge on any atom is -0.377 e. The fourth-order valence-corrected chi connectivity index (χ4v) is 3.57. The normalized spacial score (nSPS) is 27.8. The Hall–Kier alpha value is -0.0800. The maximum Gasteiger partial charge on any atom is 0.0661 e. The van der Waals surface area contributed by atoms with Crippen molar-refractivity contribution in [1.82, 2.24) is 5.32 Å². The fourth-order valence-electron chi connectivity index (χ4n) is 3.57. The summed E-state index contributed by atoms with van der Waals surface area (Å²) in [6.07, 6.45) is 6.70. The molecule has 108 valence electrons. The Morgan fingerprint density at radius 2 is 1.89 bits per heavy atom. The van der Waals surface area contributed by atoms with Gasteiger partial charge >= 0.3 is 0 Å². The smallest absolute Gasteiger partial charge is 0.0661 e. The summed E-state index contributed by atoms with van der Waals surface area (Å²) in [4.78, 5) is 0. The topological polar surface area (TPSA) is 21.3 Å². The van der Waals surface area contributed by atoms with E-state index in [0.717, 1.165) is 13.2 Å². The van der Waals surface area contributed by atoms with E-state index in [1.165, 1.54) is 32.1 Å². The van der Waals surface area contributed by atoms with Gasteiger partial charge in [0, 0.05) is 18.1 Å². The lowest BCUT2D eigenvalue weighted by molar-refractivity contribution is -0.146. The summed E-state index contributed by atoms with van der Waals surface area (Å²) in [5.41, 5.74) is 0.391. The van der Waals surface area contributed by atoms with Gasteiger partial charge in [-0.3, -0.25) is 0 Å². The number of nitrogens with one attached hydrogen (secondary N) is 1. The molecule has 1 aliphatic rings. The van der Waals surface area contributed by atoms with Crippen molar-refractivity contribution in [3.63, 3.8) is 0 Å². The summed E-state index contributed by atoms with van der Waals surface area (Å²) in [6, 6.07) is 0.670. The van der Waals surface area contributed by atoms with E-state index in [-0.39, 0.29) is 0 Å². The van der Waals surface area contributed by atoms with Crippen LogP contribution in [0.5, 0.6) is 0 Å². The molecule has 1 aliphatic carbocycles. The monoisotopic (exact) mass is 255 g/mol. The van der Waals surface area contributed by atoms with Gasteiger partial charge in [0.2, 0.25) is 0 Å². The second kappa shape index (κ2) is 7.49. The number of hydrogen-bond donors (Lipinski definition) is 1. The molecule has 0 amide bonds. The SMILES string of the molecule is CCCC(C)COC1CC(NCC)C1(CC)CC. The molecule has 1 fully saturated rings. The molecule has 0 radical (unpaired) electrons. The Morgan fingerprint density at radius 3 is 2.39 bits per heavy atom. The van der Waals surface area contributed by atoms with Crippen molar-refractivity contribution in [2.45, 2.75) is 78.9 Å². The van der Waals surface area contributed by atoms with Crippen LogP contribution in [0, 0.1) is 11.3 Å². The molecule has 0 aromatic heterocycles. The van der Waals surface area contributed by atoms with Crippen LogP contribution in [0.25, 0.3) is 0 Å². The van der Waals surface area contributed by atoms with Crippen LogP contribution in [0.1, 0.15) is 66.7 Å². The lowest BCUT2D eigenvalue weighted by Gasteiger charge is -2.56. The Morgan fingerprint density at radius 1 is 1.22 bits per heavy atom. The Kier molecular flexibility index (Phi) is 6.65. The first-order valence-electron chi connectivity index (χ1n) is 7.99. The second-order valence-electron chi connectivity index (χ2n) is 6.00. The van der Waals surface area contributed by atoms with Gasteiger partial charge in [-0.05, 0) is 38.1 Å². The highest BCUT2D eigenvalue weighted by Crippen LogP contribution is 2.49. The molecule has 3 atom stereocenters. The van der Waals surface area contributed by atoms with E-state index in [1.807, 2.05) is 0 Å². The van der Waals surface area contributed by atoms with E-state index >= 15 is 0 Å². The molecule has 0 spiro atoms. The molecule has 0 aromatic rings. The van der Waals surface area contributed by atoms with Crippen molar-refractivity contribution in [3.05, 3.63) is 0 Å². The average molecular weight is 255 g/mol. The third kappa shape index (κ3) is 3.27. The second-order valence-corrected chi connectivity index (χ2v) is 6.00. The van der Waals surface area contributed by atoms with Crippen molar-refractivity contribution < 1.29 is 4.74 Å². The molecule has 18 heavy (non-hydrogen) atoms. The van der Waals surface area contributed by atoms with E-state index in [9.17, 15) is 0 Å². The van der Waals surface area contributed by atoms with Crippen LogP contribution in [-0.4, -0.2) is 25.3 Å². The van der Waals surface area contributed by atoms with E-state index < -0.39 is 0 Å². The summed E-state index contributed by atoms with van der Waals surface area (Å²) in [5.74, 6) is 0.708. The van der Waals surface area contributed by atoms with Crippen LogP contribution in [0.15, 0.2) is 0 Å². The Labute approximate surface area is 114 Å².